The minimum absolute atomic E-state index is 0.00929. The molecule has 1 aliphatic carbocycles. The van der Waals surface area contributed by atoms with Crippen LogP contribution in [0.25, 0.3) is 16.6 Å². The van der Waals surface area contributed by atoms with E-state index in [1.165, 1.54) is 10.6 Å². The lowest BCUT2D eigenvalue weighted by molar-refractivity contribution is -0.142. The maximum Gasteiger partial charge on any atom is 0.226 e. The molecule has 2 fully saturated rings. The van der Waals surface area contributed by atoms with Gasteiger partial charge in [0.05, 0.1) is 5.39 Å². The van der Waals surface area contributed by atoms with Crippen LogP contribution in [0.3, 0.4) is 0 Å². The predicted molar refractivity (Wildman–Crippen MR) is 106 cm³/mol. The van der Waals surface area contributed by atoms with E-state index in [-0.39, 0.29) is 52.3 Å². The number of rotatable bonds is 2. The molecule has 8 nitrogen and oxygen atoms in total. The van der Waals surface area contributed by atoms with Crippen molar-refractivity contribution in [1.29, 1.82) is 0 Å². The van der Waals surface area contributed by atoms with Crippen LogP contribution in [0.5, 0.6) is 0 Å². The monoisotopic (exact) mass is 415 g/mol. The fourth-order valence-electron chi connectivity index (χ4n) is 4.57. The minimum atomic E-state index is -0.800. The Hall–Kier alpha value is -2.88. The Kier molecular flexibility index (Phi) is 4.35. The number of nitrogen functional groups attached to an aromatic ring is 1. The van der Waals surface area contributed by atoms with Crippen molar-refractivity contribution < 1.29 is 13.6 Å². The van der Waals surface area contributed by atoms with Crippen molar-refractivity contribution in [2.75, 3.05) is 12.3 Å². The second-order valence-corrected chi connectivity index (χ2v) is 8.50. The number of benzene rings is 1. The summed E-state index contributed by atoms with van der Waals surface area (Å²) in [6.45, 7) is 2.54. The van der Waals surface area contributed by atoms with Crippen molar-refractivity contribution in [2.24, 2.45) is 11.7 Å². The van der Waals surface area contributed by atoms with Gasteiger partial charge < -0.3 is 16.4 Å². The summed E-state index contributed by atoms with van der Waals surface area (Å²) in [6.07, 6.45) is 3.08. The van der Waals surface area contributed by atoms with Crippen molar-refractivity contribution in [2.45, 2.75) is 50.6 Å². The zero-order chi connectivity index (χ0) is 21.2. The van der Waals surface area contributed by atoms with Crippen molar-refractivity contribution in [1.82, 2.24) is 24.5 Å². The van der Waals surface area contributed by atoms with Gasteiger partial charge in [0.2, 0.25) is 11.9 Å². The Balaban J connectivity index is 1.50. The number of nitrogens with zero attached hydrogens (tertiary/aromatic N) is 5. The molecule has 2 aliphatic rings. The molecule has 2 aromatic heterocycles. The summed E-state index contributed by atoms with van der Waals surface area (Å²) in [7, 11) is 0. The number of fused-ring (bicyclic) bond motifs is 3. The van der Waals surface area contributed by atoms with E-state index in [0.29, 0.717) is 12.4 Å². The summed E-state index contributed by atoms with van der Waals surface area (Å²) < 4.78 is 29.3. The van der Waals surface area contributed by atoms with Crippen molar-refractivity contribution in [3.05, 3.63) is 29.6 Å². The van der Waals surface area contributed by atoms with Gasteiger partial charge >= 0.3 is 0 Å². The second-order valence-electron chi connectivity index (χ2n) is 8.50. The molecule has 0 bridgehead atoms. The van der Waals surface area contributed by atoms with Crippen LogP contribution < -0.4 is 11.5 Å². The third kappa shape index (κ3) is 2.97. The van der Waals surface area contributed by atoms with Gasteiger partial charge in [-0.25, -0.2) is 18.7 Å². The average molecular weight is 415 g/mol. The quantitative estimate of drug-likeness (QED) is 0.661. The zero-order valence-electron chi connectivity index (χ0n) is 16.6. The number of carbonyl (C=O) groups is 1. The highest BCUT2D eigenvalue weighted by Gasteiger charge is 2.39. The smallest absolute Gasteiger partial charge is 0.226 e. The van der Waals surface area contributed by atoms with Gasteiger partial charge in [-0.2, -0.15) is 4.52 Å². The first kappa shape index (κ1) is 19.1. The standard InChI is InChI=1S/C20H23F2N7O/c1-9-2-3-10(8-28(9)19(30)11-4-13(23)5-11)17-26-18-14-6-12(21)7-15(22)16(14)25-20(24)29(18)27-17/h6-7,9-11,13H,2-5,8,23H2,1H3,(H2,24,25)/t9-,10+,11?,13?/m0/s1. The van der Waals surface area contributed by atoms with Crippen LogP contribution in [0, 0.1) is 17.6 Å². The lowest BCUT2D eigenvalue weighted by Crippen LogP contribution is -2.52. The van der Waals surface area contributed by atoms with E-state index in [4.69, 9.17) is 11.5 Å². The number of piperidine rings is 1. The van der Waals surface area contributed by atoms with Crippen LogP contribution in [0.4, 0.5) is 14.7 Å². The number of hydrogen-bond donors (Lipinski definition) is 2. The van der Waals surface area contributed by atoms with Gasteiger partial charge in [0, 0.05) is 36.5 Å². The second kappa shape index (κ2) is 6.83. The minimum Gasteiger partial charge on any atom is -0.368 e. The van der Waals surface area contributed by atoms with Crippen LogP contribution in [0.1, 0.15) is 44.3 Å². The van der Waals surface area contributed by atoms with Gasteiger partial charge in [-0.05, 0) is 38.7 Å². The number of carbonyl (C=O) groups excluding carboxylic acids is 1. The van der Waals surface area contributed by atoms with Crippen LogP contribution in [0.2, 0.25) is 0 Å². The number of anilines is 1. The summed E-state index contributed by atoms with van der Waals surface area (Å²) in [5.74, 6) is -1.02. The topological polar surface area (TPSA) is 115 Å². The van der Waals surface area contributed by atoms with Crippen LogP contribution in [-0.4, -0.2) is 49.0 Å². The number of aromatic nitrogens is 4. The highest BCUT2D eigenvalue weighted by Crippen LogP contribution is 2.34. The average Bonchev–Trinajstić information content (AvgIpc) is 3.13. The summed E-state index contributed by atoms with van der Waals surface area (Å²) >= 11 is 0. The molecule has 1 saturated carbocycles. The van der Waals surface area contributed by atoms with E-state index in [1.807, 2.05) is 11.8 Å². The summed E-state index contributed by atoms with van der Waals surface area (Å²) in [5.41, 5.74) is 12.0. The van der Waals surface area contributed by atoms with Crippen LogP contribution >= 0.6 is 0 Å². The van der Waals surface area contributed by atoms with Crippen molar-refractivity contribution >= 4 is 28.4 Å². The van der Waals surface area contributed by atoms with Gasteiger partial charge in [0.15, 0.2) is 17.3 Å². The maximum absolute atomic E-state index is 14.2. The number of hydrogen-bond acceptors (Lipinski definition) is 6. The molecule has 1 aromatic carbocycles. The molecule has 0 radical (unpaired) electrons. The first-order valence-corrected chi connectivity index (χ1v) is 10.2. The van der Waals surface area contributed by atoms with E-state index in [1.54, 1.807) is 0 Å². The molecule has 1 saturated heterocycles. The molecular weight excluding hydrogens is 392 g/mol. The molecule has 158 valence electrons. The van der Waals surface area contributed by atoms with E-state index < -0.39 is 11.6 Å². The van der Waals surface area contributed by atoms with Crippen molar-refractivity contribution in [3.63, 3.8) is 0 Å². The molecule has 0 spiro atoms. The molecule has 2 atom stereocenters. The highest BCUT2D eigenvalue weighted by molar-refractivity contribution is 5.92. The Labute approximate surface area is 171 Å². The number of likely N-dealkylation sites (tertiary alicyclic amines) is 1. The summed E-state index contributed by atoms with van der Waals surface area (Å²) in [5, 5.41) is 4.68. The lowest BCUT2D eigenvalue weighted by atomic mass is 9.79. The van der Waals surface area contributed by atoms with E-state index in [0.717, 1.165) is 31.7 Å². The maximum atomic E-state index is 14.2. The molecule has 0 unspecified atom stereocenters. The molecule has 1 aliphatic heterocycles. The van der Waals surface area contributed by atoms with E-state index in [2.05, 4.69) is 15.1 Å². The van der Waals surface area contributed by atoms with Gasteiger partial charge in [0.1, 0.15) is 11.3 Å². The van der Waals surface area contributed by atoms with Crippen LogP contribution in [0.15, 0.2) is 12.1 Å². The first-order chi connectivity index (χ1) is 14.3. The Morgan fingerprint density at radius 3 is 2.70 bits per heavy atom. The molecule has 30 heavy (non-hydrogen) atoms. The lowest BCUT2D eigenvalue weighted by Gasteiger charge is -2.42. The van der Waals surface area contributed by atoms with Gasteiger partial charge in [0.25, 0.3) is 0 Å². The Bertz CT molecular complexity index is 1160. The summed E-state index contributed by atoms with van der Waals surface area (Å²) in [6, 6.07) is 2.19. The van der Waals surface area contributed by atoms with E-state index >= 15 is 0 Å². The number of halogens is 2. The molecule has 10 heteroatoms. The molecule has 3 aromatic rings. The fourth-order valence-corrected chi connectivity index (χ4v) is 4.57. The third-order valence-corrected chi connectivity index (χ3v) is 6.39. The van der Waals surface area contributed by atoms with Gasteiger partial charge in [-0.1, -0.05) is 0 Å². The summed E-state index contributed by atoms with van der Waals surface area (Å²) in [4.78, 5) is 23.4. The zero-order valence-corrected chi connectivity index (χ0v) is 16.6. The Morgan fingerprint density at radius 2 is 1.97 bits per heavy atom. The fraction of sp³-hybridized carbons (Fsp3) is 0.500. The molecule has 1 amide bonds. The predicted octanol–water partition coefficient (Wildman–Crippen LogP) is 1.97. The van der Waals surface area contributed by atoms with Gasteiger partial charge in [-0.3, -0.25) is 4.79 Å². The van der Waals surface area contributed by atoms with Gasteiger partial charge in [-0.15, -0.1) is 5.10 Å². The molecular formula is C20H23F2N7O. The van der Waals surface area contributed by atoms with E-state index in [9.17, 15) is 13.6 Å². The largest absolute Gasteiger partial charge is 0.368 e. The first-order valence-electron chi connectivity index (χ1n) is 10.2. The normalized spacial score (nSPS) is 26.9. The van der Waals surface area contributed by atoms with Crippen LogP contribution in [-0.2, 0) is 4.79 Å². The Morgan fingerprint density at radius 1 is 1.20 bits per heavy atom. The number of nitrogens with two attached hydrogens (primary N) is 2. The number of amides is 1. The molecule has 4 N–H and O–H groups in total. The third-order valence-electron chi connectivity index (χ3n) is 6.39. The van der Waals surface area contributed by atoms with Crippen molar-refractivity contribution in [3.8, 4) is 0 Å². The highest BCUT2D eigenvalue weighted by atomic mass is 19.1. The SMILES string of the molecule is C[C@H]1CC[C@@H](c2nc3c4cc(F)cc(F)c4nc(N)n3n2)CN1C(=O)C1CC(N)C1. The molecule has 3 heterocycles. The molecule has 5 rings (SSSR count).